The second-order valence-electron chi connectivity index (χ2n) is 6.31. The Labute approximate surface area is 168 Å². The summed E-state index contributed by atoms with van der Waals surface area (Å²) in [6, 6.07) is 18.3. The number of rotatable bonds is 7. The maximum absolute atomic E-state index is 12.5. The fraction of sp³-hybridized carbons (Fsp3) is 0.238. The van der Waals surface area contributed by atoms with E-state index < -0.39 is 0 Å². The van der Waals surface area contributed by atoms with Gasteiger partial charge in [0.1, 0.15) is 5.15 Å². The molecule has 0 bridgehead atoms. The van der Waals surface area contributed by atoms with Crippen LogP contribution in [0.3, 0.4) is 0 Å². The monoisotopic (exact) mass is 399 g/mol. The molecule has 1 N–H and O–H groups in total. The highest BCUT2D eigenvalue weighted by Gasteiger charge is 2.20. The van der Waals surface area contributed by atoms with Gasteiger partial charge in [-0.3, -0.25) is 4.79 Å². The van der Waals surface area contributed by atoms with Gasteiger partial charge in [0.05, 0.1) is 17.8 Å². The Hall–Kier alpha value is -2.24. The van der Waals surface area contributed by atoms with E-state index in [0.29, 0.717) is 29.5 Å². The predicted octanol–water partition coefficient (Wildman–Crippen LogP) is 4.72. The molecule has 0 aliphatic rings. The molecule has 6 heteroatoms. The van der Waals surface area contributed by atoms with Gasteiger partial charge in [0.2, 0.25) is 0 Å². The van der Waals surface area contributed by atoms with Gasteiger partial charge < -0.3 is 5.32 Å². The number of aryl methyl sites for hydroxylation is 2. The van der Waals surface area contributed by atoms with Crippen molar-refractivity contribution < 1.29 is 4.79 Å². The van der Waals surface area contributed by atoms with E-state index in [1.807, 2.05) is 44.2 Å². The van der Waals surface area contributed by atoms with Gasteiger partial charge >= 0.3 is 0 Å². The summed E-state index contributed by atoms with van der Waals surface area (Å²) in [5, 5.41) is 7.76. The minimum atomic E-state index is -0.179. The molecular weight excluding hydrogens is 378 g/mol. The zero-order valence-corrected chi connectivity index (χ0v) is 17.0. The first-order valence-electron chi connectivity index (χ1n) is 8.79. The summed E-state index contributed by atoms with van der Waals surface area (Å²) < 4.78 is 1.68. The number of carbonyl (C=O) groups excluding carboxylic acids is 1. The predicted molar refractivity (Wildman–Crippen MR) is 112 cm³/mol. The van der Waals surface area contributed by atoms with Gasteiger partial charge in [-0.05, 0) is 31.5 Å². The minimum Gasteiger partial charge on any atom is -0.351 e. The van der Waals surface area contributed by atoms with Crippen LogP contribution in [0.2, 0.25) is 5.15 Å². The molecular formula is C21H22ClN3OS. The van der Waals surface area contributed by atoms with Crippen LogP contribution < -0.4 is 5.32 Å². The zero-order chi connectivity index (χ0) is 19.2. The SMILES string of the molecule is Cc1ccc(Cn2nc(C)c(C(=O)NCCSc3ccccc3)c2Cl)cc1. The number of thioether (sulfide) groups is 1. The molecule has 140 valence electrons. The van der Waals surface area contributed by atoms with E-state index in [1.54, 1.807) is 16.4 Å². The summed E-state index contributed by atoms with van der Waals surface area (Å²) in [5.41, 5.74) is 3.39. The van der Waals surface area contributed by atoms with Gasteiger partial charge in [0.15, 0.2) is 0 Å². The van der Waals surface area contributed by atoms with E-state index in [4.69, 9.17) is 11.6 Å². The summed E-state index contributed by atoms with van der Waals surface area (Å²) in [6.07, 6.45) is 0. The van der Waals surface area contributed by atoms with Crippen molar-refractivity contribution in [3.8, 4) is 0 Å². The normalized spacial score (nSPS) is 10.8. The summed E-state index contributed by atoms with van der Waals surface area (Å²) in [4.78, 5) is 13.7. The maximum atomic E-state index is 12.5. The van der Waals surface area contributed by atoms with Crippen molar-refractivity contribution >= 4 is 29.3 Å². The molecule has 4 nitrogen and oxygen atoms in total. The average Bonchev–Trinajstić information content (AvgIpc) is 2.95. The van der Waals surface area contributed by atoms with Gasteiger partial charge in [-0.1, -0.05) is 59.6 Å². The second kappa shape index (κ2) is 9.11. The Morgan fingerprint density at radius 1 is 1.11 bits per heavy atom. The first-order valence-corrected chi connectivity index (χ1v) is 10.2. The molecule has 1 heterocycles. The minimum absolute atomic E-state index is 0.179. The highest BCUT2D eigenvalue weighted by atomic mass is 35.5. The van der Waals surface area contributed by atoms with E-state index >= 15 is 0 Å². The standard InChI is InChI=1S/C21H22ClN3OS/c1-15-8-10-17(11-9-15)14-25-20(22)19(16(2)24-25)21(26)23-12-13-27-18-6-4-3-5-7-18/h3-11H,12-14H2,1-2H3,(H,23,26). The Balaban J connectivity index is 1.59. The third-order valence-corrected chi connectivity index (χ3v) is 5.54. The lowest BCUT2D eigenvalue weighted by atomic mass is 10.1. The summed E-state index contributed by atoms with van der Waals surface area (Å²) >= 11 is 8.15. The number of carbonyl (C=O) groups is 1. The summed E-state index contributed by atoms with van der Waals surface area (Å²) in [7, 11) is 0. The summed E-state index contributed by atoms with van der Waals surface area (Å²) in [5.74, 6) is 0.616. The Morgan fingerprint density at radius 3 is 2.52 bits per heavy atom. The number of hydrogen-bond acceptors (Lipinski definition) is 3. The molecule has 0 fully saturated rings. The second-order valence-corrected chi connectivity index (χ2v) is 7.84. The van der Waals surface area contributed by atoms with Gasteiger partial charge in [-0.15, -0.1) is 11.8 Å². The van der Waals surface area contributed by atoms with E-state index in [-0.39, 0.29) is 5.91 Å². The van der Waals surface area contributed by atoms with E-state index in [9.17, 15) is 4.79 Å². The van der Waals surface area contributed by atoms with Crippen molar-refractivity contribution in [2.75, 3.05) is 12.3 Å². The molecule has 0 aliphatic heterocycles. The van der Waals surface area contributed by atoms with Gasteiger partial charge in [0.25, 0.3) is 5.91 Å². The van der Waals surface area contributed by atoms with Crippen LogP contribution in [0.5, 0.6) is 0 Å². The molecule has 0 unspecified atom stereocenters. The Kier molecular flexibility index (Phi) is 6.58. The van der Waals surface area contributed by atoms with Crippen LogP contribution in [0.4, 0.5) is 0 Å². The van der Waals surface area contributed by atoms with Gasteiger partial charge in [0, 0.05) is 17.2 Å². The van der Waals surface area contributed by atoms with Crippen LogP contribution in [-0.2, 0) is 6.54 Å². The number of amides is 1. The molecule has 27 heavy (non-hydrogen) atoms. The molecule has 1 aromatic heterocycles. The van der Waals surface area contributed by atoms with Crippen LogP contribution in [0.15, 0.2) is 59.5 Å². The fourth-order valence-corrected chi connectivity index (χ4v) is 3.83. The van der Waals surface area contributed by atoms with Crippen LogP contribution >= 0.6 is 23.4 Å². The quantitative estimate of drug-likeness (QED) is 0.461. The lowest BCUT2D eigenvalue weighted by Crippen LogP contribution is -2.26. The average molecular weight is 400 g/mol. The smallest absolute Gasteiger partial charge is 0.256 e. The van der Waals surface area contributed by atoms with Gasteiger partial charge in [-0.2, -0.15) is 5.10 Å². The fourth-order valence-electron chi connectivity index (χ4n) is 2.72. The first-order chi connectivity index (χ1) is 13.0. The topological polar surface area (TPSA) is 46.9 Å². The molecule has 0 atom stereocenters. The maximum Gasteiger partial charge on any atom is 0.256 e. The van der Waals surface area contributed by atoms with Crippen molar-refractivity contribution in [3.63, 3.8) is 0 Å². The molecule has 0 spiro atoms. The molecule has 3 rings (SSSR count). The van der Waals surface area contributed by atoms with Crippen molar-refractivity contribution in [1.82, 2.24) is 15.1 Å². The number of benzene rings is 2. The van der Waals surface area contributed by atoms with Crippen LogP contribution in [0.1, 0.15) is 27.2 Å². The third-order valence-electron chi connectivity index (χ3n) is 4.14. The van der Waals surface area contributed by atoms with Gasteiger partial charge in [-0.25, -0.2) is 4.68 Å². The highest BCUT2D eigenvalue weighted by molar-refractivity contribution is 7.99. The van der Waals surface area contributed by atoms with Crippen molar-refractivity contribution in [3.05, 3.63) is 82.1 Å². The van der Waals surface area contributed by atoms with Crippen LogP contribution in [0.25, 0.3) is 0 Å². The van der Waals surface area contributed by atoms with Crippen LogP contribution in [-0.4, -0.2) is 28.0 Å². The van der Waals surface area contributed by atoms with Crippen molar-refractivity contribution in [2.24, 2.45) is 0 Å². The molecule has 0 saturated carbocycles. The van der Waals surface area contributed by atoms with Crippen molar-refractivity contribution in [1.29, 1.82) is 0 Å². The highest BCUT2D eigenvalue weighted by Crippen LogP contribution is 2.21. The van der Waals surface area contributed by atoms with Crippen molar-refractivity contribution in [2.45, 2.75) is 25.3 Å². The molecule has 3 aromatic rings. The third kappa shape index (κ3) is 5.15. The molecule has 1 amide bonds. The Morgan fingerprint density at radius 2 is 1.81 bits per heavy atom. The Bertz CT molecular complexity index is 907. The molecule has 0 saturated heterocycles. The lowest BCUT2D eigenvalue weighted by Gasteiger charge is -2.06. The number of halogens is 1. The van der Waals surface area contributed by atoms with E-state index in [2.05, 4.69) is 34.7 Å². The molecule has 0 radical (unpaired) electrons. The van der Waals surface area contributed by atoms with E-state index in [1.165, 1.54) is 10.5 Å². The number of nitrogens with one attached hydrogen (secondary N) is 1. The largest absolute Gasteiger partial charge is 0.351 e. The number of aromatic nitrogens is 2. The zero-order valence-electron chi connectivity index (χ0n) is 15.4. The summed E-state index contributed by atoms with van der Waals surface area (Å²) in [6.45, 7) is 4.97. The number of hydrogen-bond donors (Lipinski definition) is 1. The lowest BCUT2D eigenvalue weighted by molar-refractivity contribution is 0.0955. The first kappa shape index (κ1) is 19.5. The number of nitrogens with zero attached hydrogens (tertiary/aromatic N) is 2. The van der Waals surface area contributed by atoms with Crippen LogP contribution in [0, 0.1) is 13.8 Å². The molecule has 2 aromatic carbocycles. The molecule has 0 aliphatic carbocycles. The van der Waals surface area contributed by atoms with E-state index in [0.717, 1.165) is 11.3 Å².